The summed E-state index contributed by atoms with van der Waals surface area (Å²) in [6, 6.07) is 4.21. The minimum atomic E-state index is -3.70. The van der Waals surface area contributed by atoms with Crippen molar-refractivity contribution in [2.75, 3.05) is 27.2 Å². The maximum Gasteiger partial charge on any atom is 0.251 e. The molecule has 1 heterocycles. The van der Waals surface area contributed by atoms with E-state index >= 15 is 0 Å². The number of hydrogen-bond donors (Lipinski definition) is 1. The number of benzene rings is 1. The highest BCUT2D eigenvalue weighted by Gasteiger charge is 2.23. The maximum atomic E-state index is 12.2. The summed E-state index contributed by atoms with van der Waals surface area (Å²) in [6.07, 6.45) is 1.94. The van der Waals surface area contributed by atoms with Crippen LogP contribution in [0.4, 0.5) is 0 Å². The first-order valence-corrected chi connectivity index (χ1v) is 8.76. The van der Waals surface area contributed by atoms with Crippen molar-refractivity contribution in [3.63, 3.8) is 0 Å². The molecule has 122 valence electrons. The number of nitrogens with one attached hydrogen (secondary N) is 1. The third-order valence-corrected chi connectivity index (χ3v) is 5.76. The molecule has 1 aromatic carbocycles. The lowest BCUT2D eigenvalue weighted by Crippen LogP contribution is -2.32. The van der Waals surface area contributed by atoms with Crippen LogP contribution in [0.25, 0.3) is 0 Å². The molecule has 1 N–H and O–H groups in total. The fraction of sp³-hybridized carbons (Fsp3) is 0.500. The van der Waals surface area contributed by atoms with Gasteiger partial charge in [0.15, 0.2) is 0 Å². The molecule has 1 atom stereocenters. The first-order chi connectivity index (χ1) is 10.3. The van der Waals surface area contributed by atoms with Crippen LogP contribution in [-0.4, -0.2) is 52.0 Å². The zero-order valence-corrected chi connectivity index (χ0v) is 14.1. The average Bonchev–Trinajstić information content (AvgIpc) is 2.98. The van der Waals surface area contributed by atoms with Gasteiger partial charge in [-0.3, -0.25) is 4.79 Å². The van der Waals surface area contributed by atoms with Crippen LogP contribution < -0.4 is 5.32 Å². The van der Waals surface area contributed by atoms with Gasteiger partial charge in [-0.05, 0) is 31.0 Å². The molecule has 1 amide bonds. The van der Waals surface area contributed by atoms with Crippen molar-refractivity contribution < 1.29 is 17.9 Å². The molecule has 1 saturated heterocycles. The van der Waals surface area contributed by atoms with Gasteiger partial charge in [0.25, 0.3) is 5.91 Å². The Labute approximate surface area is 135 Å². The van der Waals surface area contributed by atoms with E-state index in [1.807, 2.05) is 0 Å². The molecule has 0 spiro atoms. The molecule has 0 aromatic heterocycles. The second-order valence-electron chi connectivity index (χ2n) is 5.28. The summed E-state index contributed by atoms with van der Waals surface area (Å²) in [6.45, 7) is 1.13. The minimum absolute atomic E-state index is 0.0289. The van der Waals surface area contributed by atoms with Gasteiger partial charge >= 0.3 is 0 Å². The van der Waals surface area contributed by atoms with E-state index in [2.05, 4.69) is 5.32 Å². The van der Waals surface area contributed by atoms with Crippen molar-refractivity contribution in [1.82, 2.24) is 9.62 Å². The van der Waals surface area contributed by atoms with Gasteiger partial charge in [0.2, 0.25) is 10.0 Å². The molecule has 22 heavy (non-hydrogen) atoms. The molecular formula is C14H19ClN2O4S. The third-order valence-electron chi connectivity index (χ3n) is 3.47. The van der Waals surface area contributed by atoms with Crippen LogP contribution >= 0.6 is 11.6 Å². The molecule has 1 aromatic rings. The Kier molecular flexibility index (Phi) is 5.44. The third kappa shape index (κ3) is 3.78. The predicted molar refractivity (Wildman–Crippen MR) is 83.6 cm³/mol. The van der Waals surface area contributed by atoms with Gasteiger partial charge in [0.1, 0.15) is 4.90 Å². The van der Waals surface area contributed by atoms with Gasteiger partial charge in [-0.1, -0.05) is 11.6 Å². The Morgan fingerprint density at radius 2 is 2.18 bits per heavy atom. The normalized spacial score (nSPS) is 18.6. The Morgan fingerprint density at radius 1 is 1.45 bits per heavy atom. The zero-order valence-electron chi connectivity index (χ0n) is 12.5. The molecule has 1 unspecified atom stereocenters. The SMILES string of the molecule is CN(C)S(=O)(=O)c1cc(C(=O)NCC2CCCO2)ccc1Cl. The van der Waals surface area contributed by atoms with Crippen molar-refractivity contribution >= 4 is 27.5 Å². The smallest absolute Gasteiger partial charge is 0.251 e. The second-order valence-corrected chi connectivity index (χ2v) is 7.81. The largest absolute Gasteiger partial charge is 0.376 e. The zero-order chi connectivity index (χ0) is 16.3. The highest BCUT2D eigenvalue weighted by molar-refractivity contribution is 7.89. The molecule has 1 aliphatic heterocycles. The summed E-state index contributed by atoms with van der Waals surface area (Å²) < 4.78 is 30.9. The first kappa shape index (κ1) is 17.2. The topological polar surface area (TPSA) is 75.7 Å². The van der Waals surface area contributed by atoms with E-state index in [1.54, 1.807) is 0 Å². The van der Waals surface area contributed by atoms with E-state index < -0.39 is 10.0 Å². The number of ether oxygens (including phenoxy) is 1. The fourth-order valence-electron chi connectivity index (χ4n) is 2.15. The second kappa shape index (κ2) is 6.95. The van der Waals surface area contributed by atoms with Crippen molar-refractivity contribution in [1.29, 1.82) is 0 Å². The number of carbonyl (C=O) groups is 1. The molecule has 6 nitrogen and oxygen atoms in total. The van der Waals surface area contributed by atoms with Crippen molar-refractivity contribution in [3.05, 3.63) is 28.8 Å². The quantitative estimate of drug-likeness (QED) is 0.876. The van der Waals surface area contributed by atoms with Gasteiger partial charge in [-0.2, -0.15) is 0 Å². The summed E-state index contributed by atoms with van der Waals surface area (Å²) in [5.74, 6) is -0.345. The summed E-state index contributed by atoms with van der Waals surface area (Å²) >= 11 is 5.95. The molecule has 1 aliphatic rings. The Bertz CT molecular complexity index is 655. The van der Waals surface area contributed by atoms with E-state index in [0.29, 0.717) is 13.2 Å². The number of carbonyl (C=O) groups excluding carboxylic acids is 1. The van der Waals surface area contributed by atoms with E-state index in [1.165, 1.54) is 32.3 Å². The Morgan fingerprint density at radius 3 is 2.77 bits per heavy atom. The van der Waals surface area contributed by atoms with E-state index in [0.717, 1.165) is 17.1 Å². The standard InChI is InChI=1S/C14H19ClN2O4S/c1-17(2)22(19,20)13-8-10(5-6-12(13)15)14(18)16-9-11-4-3-7-21-11/h5-6,8,11H,3-4,7,9H2,1-2H3,(H,16,18). The highest BCUT2D eigenvalue weighted by atomic mass is 35.5. The molecular weight excluding hydrogens is 328 g/mol. The van der Waals surface area contributed by atoms with Gasteiger partial charge < -0.3 is 10.1 Å². The van der Waals surface area contributed by atoms with Crippen LogP contribution in [-0.2, 0) is 14.8 Å². The Hall–Kier alpha value is -1.15. The maximum absolute atomic E-state index is 12.2. The Balaban J connectivity index is 2.16. The number of amides is 1. The van der Waals surface area contributed by atoms with E-state index in [4.69, 9.17) is 16.3 Å². The van der Waals surface area contributed by atoms with Crippen LogP contribution in [0.2, 0.25) is 5.02 Å². The molecule has 1 fully saturated rings. The summed E-state index contributed by atoms with van der Waals surface area (Å²) in [5.41, 5.74) is 0.253. The number of nitrogens with zero attached hydrogens (tertiary/aromatic N) is 1. The van der Waals surface area contributed by atoms with E-state index in [-0.39, 0.29) is 27.5 Å². The van der Waals surface area contributed by atoms with Gasteiger partial charge in [-0.25, -0.2) is 12.7 Å². The van der Waals surface area contributed by atoms with E-state index in [9.17, 15) is 13.2 Å². The van der Waals surface area contributed by atoms with Crippen LogP contribution in [0.3, 0.4) is 0 Å². The summed E-state index contributed by atoms with van der Waals surface area (Å²) in [5, 5.41) is 2.84. The lowest BCUT2D eigenvalue weighted by atomic mass is 10.2. The lowest BCUT2D eigenvalue weighted by Gasteiger charge is -2.14. The monoisotopic (exact) mass is 346 g/mol. The fourth-order valence-corrected chi connectivity index (χ4v) is 3.55. The molecule has 0 aliphatic carbocycles. The molecule has 8 heteroatoms. The molecule has 0 bridgehead atoms. The van der Waals surface area contributed by atoms with Crippen LogP contribution in [0.1, 0.15) is 23.2 Å². The molecule has 2 rings (SSSR count). The van der Waals surface area contributed by atoms with Gasteiger partial charge in [0, 0.05) is 32.8 Å². The first-order valence-electron chi connectivity index (χ1n) is 6.94. The summed E-state index contributed by atoms with van der Waals surface area (Å²) in [4.78, 5) is 12.1. The molecule has 0 radical (unpaired) electrons. The van der Waals surface area contributed by atoms with Crippen LogP contribution in [0.5, 0.6) is 0 Å². The number of halogens is 1. The van der Waals surface area contributed by atoms with Crippen LogP contribution in [0.15, 0.2) is 23.1 Å². The van der Waals surface area contributed by atoms with Crippen LogP contribution in [0, 0.1) is 0 Å². The minimum Gasteiger partial charge on any atom is -0.376 e. The molecule has 0 saturated carbocycles. The summed E-state index contributed by atoms with van der Waals surface area (Å²) in [7, 11) is -0.872. The van der Waals surface area contributed by atoms with Crippen molar-refractivity contribution in [2.24, 2.45) is 0 Å². The predicted octanol–water partition coefficient (Wildman–Crippen LogP) is 1.50. The van der Waals surface area contributed by atoms with Crippen molar-refractivity contribution in [3.8, 4) is 0 Å². The number of sulfonamides is 1. The highest BCUT2D eigenvalue weighted by Crippen LogP contribution is 2.24. The van der Waals surface area contributed by atoms with Gasteiger partial charge in [-0.15, -0.1) is 0 Å². The number of rotatable bonds is 5. The lowest BCUT2D eigenvalue weighted by molar-refractivity contribution is 0.0857. The average molecular weight is 347 g/mol. The number of hydrogen-bond acceptors (Lipinski definition) is 4. The van der Waals surface area contributed by atoms with Crippen molar-refractivity contribution in [2.45, 2.75) is 23.8 Å². The van der Waals surface area contributed by atoms with Gasteiger partial charge in [0.05, 0.1) is 11.1 Å².